The number of ether oxygens (including phenoxy) is 4. The molecule has 0 aliphatic carbocycles. The summed E-state index contributed by atoms with van der Waals surface area (Å²) in [4.78, 5) is 37.4. The van der Waals surface area contributed by atoms with Crippen LogP contribution in [0.5, 0.6) is 0 Å². The SMILES string of the molecule is CCCCCCC/C=C\C/C=C\C/C=C\CCCCCCCCCCCCCCCCCCC(=O)OC(COC(=O)CCCCCCCCCCCCCCCCCCCCC)COC(OCC[N+](C)(C)C)C(=O)[O-]. The van der Waals surface area contributed by atoms with E-state index >= 15 is 0 Å². The molecule has 0 amide bonds. The summed E-state index contributed by atoms with van der Waals surface area (Å²) in [5, 5.41) is 11.8. The number of unbranched alkanes of at least 4 members (excludes halogenated alkanes) is 39. The highest BCUT2D eigenvalue weighted by atomic mass is 16.7. The lowest BCUT2D eigenvalue weighted by atomic mass is 10.0. The molecule has 0 aromatic heterocycles. The van der Waals surface area contributed by atoms with Gasteiger partial charge in [0.1, 0.15) is 13.2 Å². The Morgan fingerprint density at radius 2 is 0.720 bits per heavy atom. The maximum absolute atomic E-state index is 12.9. The molecule has 0 aliphatic rings. The standard InChI is InChI=1S/C66H123NO8/c1-6-8-10-12-14-16-18-20-22-24-26-27-28-29-30-31-32-33-34-35-36-37-39-41-43-45-47-49-51-53-55-57-64(69)75-62(61-74-66(65(70)71)72-59-58-67(3,4)5)60-73-63(68)56-54-52-50-48-46-44-42-40-38-25-23-21-19-17-15-13-11-9-7-2/h18,20,24,26,28-29,62,66H,6-17,19,21-23,25,27,30-61H2,1-5H3/b20-18-,26-24-,29-28-. The molecule has 0 heterocycles. The van der Waals surface area contributed by atoms with Crippen molar-refractivity contribution in [2.75, 3.05) is 47.5 Å². The summed E-state index contributed by atoms with van der Waals surface area (Å²) in [5.41, 5.74) is 0. The average Bonchev–Trinajstić information content (AvgIpc) is 3.38. The van der Waals surface area contributed by atoms with Gasteiger partial charge in [0.25, 0.3) is 0 Å². The van der Waals surface area contributed by atoms with Crippen LogP contribution in [0.3, 0.4) is 0 Å². The normalized spacial score (nSPS) is 12.9. The first-order valence-electron chi connectivity index (χ1n) is 32.1. The molecular formula is C66H123NO8. The van der Waals surface area contributed by atoms with Crippen LogP contribution in [-0.2, 0) is 33.3 Å². The molecule has 0 fully saturated rings. The Morgan fingerprint density at radius 3 is 1.07 bits per heavy atom. The van der Waals surface area contributed by atoms with Crippen LogP contribution in [0.15, 0.2) is 36.5 Å². The van der Waals surface area contributed by atoms with Crippen molar-refractivity contribution in [1.29, 1.82) is 0 Å². The van der Waals surface area contributed by atoms with E-state index in [1.807, 2.05) is 21.1 Å². The van der Waals surface area contributed by atoms with E-state index in [1.54, 1.807) is 0 Å². The molecule has 0 bridgehead atoms. The summed E-state index contributed by atoms with van der Waals surface area (Å²) in [6.45, 7) is 4.79. The minimum absolute atomic E-state index is 0.150. The van der Waals surface area contributed by atoms with Crippen molar-refractivity contribution in [3.05, 3.63) is 36.5 Å². The lowest BCUT2D eigenvalue weighted by Gasteiger charge is -2.26. The lowest BCUT2D eigenvalue weighted by Crippen LogP contribution is -2.44. The van der Waals surface area contributed by atoms with E-state index in [9.17, 15) is 19.5 Å². The predicted molar refractivity (Wildman–Crippen MR) is 316 cm³/mol. The number of quaternary nitrogens is 1. The molecule has 0 N–H and O–H groups in total. The highest BCUT2D eigenvalue weighted by Crippen LogP contribution is 2.18. The van der Waals surface area contributed by atoms with Crippen molar-refractivity contribution in [2.24, 2.45) is 0 Å². The van der Waals surface area contributed by atoms with Crippen LogP contribution in [0.2, 0.25) is 0 Å². The number of hydrogen-bond donors (Lipinski definition) is 0. The molecule has 0 saturated heterocycles. The molecule has 0 rings (SSSR count). The third-order valence-corrected chi connectivity index (χ3v) is 14.4. The van der Waals surface area contributed by atoms with Crippen LogP contribution < -0.4 is 5.11 Å². The topological polar surface area (TPSA) is 111 Å². The van der Waals surface area contributed by atoms with Crippen LogP contribution in [0.4, 0.5) is 0 Å². The number of carbonyl (C=O) groups is 3. The van der Waals surface area contributed by atoms with Gasteiger partial charge in [-0.1, -0.05) is 281 Å². The third-order valence-electron chi connectivity index (χ3n) is 14.4. The molecule has 440 valence electrons. The maximum Gasteiger partial charge on any atom is 0.306 e. The van der Waals surface area contributed by atoms with Gasteiger partial charge in [0.15, 0.2) is 12.4 Å². The zero-order valence-corrected chi connectivity index (χ0v) is 50.2. The Hall–Kier alpha value is -2.49. The fourth-order valence-electron chi connectivity index (χ4n) is 9.43. The van der Waals surface area contributed by atoms with Crippen LogP contribution in [0.1, 0.15) is 309 Å². The van der Waals surface area contributed by atoms with E-state index in [1.165, 1.54) is 231 Å². The number of nitrogens with zero attached hydrogens (tertiary/aromatic N) is 1. The predicted octanol–water partition coefficient (Wildman–Crippen LogP) is 17.9. The van der Waals surface area contributed by atoms with Gasteiger partial charge in [-0.25, -0.2) is 0 Å². The van der Waals surface area contributed by atoms with E-state index in [0.29, 0.717) is 23.9 Å². The quantitative estimate of drug-likeness (QED) is 0.0195. The van der Waals surface area contributed by atoms with Gasteiger partial charge >= 0.3 is 11.9 Å². The largest absolute Gasteiger partial charge is 0.545 e. The fourth-order valence-corrected chi connectivity index (χ4v) is 9.43. The second-order valence-corrected chi connectivity index (χ2v) is 23.1. The number of aliphatic carboxylic acids is 1. The summed E-state index contributed by atoms with van der Waals surface area (Å²) in [6.07, 6.45) is 67.8. The zero-order valence-electron chi connectivity index (χ0n) is 50.2. The Balaban J connectivity index is 4.11. The van der Waals surface area contributed by atoms with Crippen LogP contribution in [0.25, 0.3) is 0 Å². The molecule has 0 aliphatic heterocycles. The first-order chi connectivity index (χ1) is 36.6. The lowest BCUT2D eigenvalue weighted by molar-refractivity contribution is -0.870. The molecule has 9 nitrogen and oxygen atoms in total. The van der Waals surface area contributed by atoms with E-state index in [4.69, 9.17) is 18.9 Å². The second kappa shape index (κ2) is 57.7. The van der Waals surface area contributed by atoms with E-state index in [2.05, 4.69) is 50.3 Å². The van der Waals surface area contributed by atoms with E-state index < -0.39 is 24.3 Å². The number of likely N-dealkylation sites (N-methyl/N-ethyl adjacent to an activating group) is 1. The van der Waals surface area contributed by atoms with Gasteiger partial charge in [-0.15, -0.1) is 0 Å². The average molecular weight is 1060 g/mol. The van der Waals surface area contributed by atoms with E-state index in [-0.39, 0.29) is 32.2 Å². The third kappa shape index (κ3) is 59.0. The fraction of sp³-hybridized carbons (Fsp3) is 0.864. The van der Waals surface area contributed by atoms with Gasteiger partial charge in [0, 0.05) is 12.8 Å². The Kier molecular flexibility index (Phi) is 55.8. The van der Waals surface area contributed by atoms with Gasteiger partial charge < -0.3 is 33.3 Å². The van der Waals surface area contributed by atoms with Gasteiger partial charge in [-0.2, -0.15) is 0 Å². The maximum atomic E-state index is 12.9. The summed E-state index contributed by atoms with van der Waals surface area (Å²) < 4.78 is 22.8. The molecule has 9 heteroatoms. The van der Waals surface area contributed by atoms with Crippen molar-refractivity contribution >= 4 is 17.9 Å². The Morgan fingerprint density at radius 1 is 0.400 bits per heavy atom. The number of carboxylic acids is 1. The van der Waals surface area contributed by atoms with E-state index in [0.717, 1.165) is 44.9 Å². The highest BCUT2D eigenvalue weighted by Gasteiger charge is 2.22. The summed E-state index contributed by atoms with van der Waals surface area (Å²) in [5.74, 6) is -2.26. The minimum atomic E-state index is -1.62. The second-order valence-electron chi connectivity index (χ2n) is 23.1. The van der Waals surface area contributed by atoms with Crippen LogP contribution in [0, 0.1) is 0 Å². The van der Waals surface area contributed by atoms with Crippen molar-refractivity contribution in [3.8, 4) is 0 Å². The first kappa shape index (κ1) is 72.5. The van der Waals surface area contributed by atoms with Crippen molar-refractivity contribution in [1.82, 2.24) is 0 Å². The first-order valence-corrected chi connectivity index (χ1v) is 32.1. The van der Waals surface area contributed by atoms with Gasteiger partial charge in [0.2, 0.25) is 0 Å². The molecule has 75 heavy (non-hydrogen) atoms. The summed E-state index contributed by atoms with van der Waals surface area (Å²) >= 11 is 0. The smallest absolute Gasteiger partial charge is 0.306 e. The number of allylic oxidation sites excluding steroid dienone is 6. The molecule has 0 spiro atoms. The molecule has 0 aromatic carbocycles. The molecular weight excluding hydrogens is 935 g/mol. The van der Waals surface area contributed by atoms with Crippen molar-refractivity contribution in [2.45, 2.75) is 322 Å². The molecule has 0 aromatic rings. The number of rotatable bonds is 60. The molecule has 0 saturated carbocycles. The number of carboxylic acid groups (broad SMARTS) is 1. The number of hydrogen-bond acceptors (Lipinski definition) is 8. The van der Waals surface area contributed by atoms with Gasteiger partial charge in [-0.3, -0.25) is 9.59 Å². The van der Waals surface area contributed by atoms with Crippen LogP contribution in [-0.4, -0.2) is 82.3 Å². The molecule has 2 unspecified atom stereocenters. The van der Waals surface area contributed by atoms with Crippen molar-refractivity contribution in [3.63, 3.8) is 0 Å². The minimum Gasteiger partial charge on any atom is -0.545 e. The Labute approximate surface area is 464 Å². The highest BCUT2D eigenvalue weighted by molar-refractivity contribution is 5.70. The van der Waals surface area contributed by atoms with Gasteiger partial charge in [-0.05, 0) is 51.4 Å². The summed E-state index contributed by atoms with van der Waals surface area (Å²) in [7, 11) is 5.94. The molecule has 2 atom stereocenters. The summed E-state index contributed by atoms with van der Waals surface area (Å²) in [6, 6.07) is 0. The zero-order chi connectivity index (χ0) is 54.8. The number of esters is 2. The van der Waals surface area contributed by atoms with Gasteiger partial charge in [0.05, 0.1) is 40.3 Å². The monoisotopic (exact) mass is 1060 g/mol. The van der Waals surface area contributed by atoms with Crippen LogP contribution >= 0.6 is 0 Å². The molecule has 0 radical (unpaired) electrons. The van der Waals surface area contributed by atoms with Crippen molar-refractivity contribution < 1.29 is 42.9 Å². The Bertz CT molecular complexity index is 1320. The number of carbonyl (C=O) groups excluding carboxylic acids is 3.